The molecule has 0 spiro atoms. The van der Waals surface area contributed by atoms with E-state index in [2.05, 4.69) is 16.9 Å². The van der Waals surface area contributed by atoms with E-state index in [9.17, 15) is 4.79 Å². The Balaban J connectivity index is 2.65. The Morgan fingerprint density at radius 1 is 1.60 bits per heavy atom. The molecule has 15 heavy (non-hydrogen) atoms. The first kappa shape index (κ1) is 11.3. The lowest BCUT2D eigenvalue weighted by atomic mass is 9.98. The van der Waals surface area contributed by atoms with Gasteiger partial charge in [0.15, 0.2) is 0 Å². The van der Waals surface area contributed by atoms with Gasteiger partial charge in [-0.1, -0.05) is 11.8 Å². The summed E-state index contributed by atoms with van der Waals surface area (Å²) in [6.45, 7) is 6.48. The Labute approximate surface area is 88.9 Å². The summed E-state index contributed by atoms with van der Waals surface area (Å²) in [6.07, 6.45) is 2.79. The molecule has 1 aromatic heterocycles. The molecule has 0 aliphatic heterocycles. The first-order valence-corrected chi connectivity index (χ1v) is 4.64. The zero-order chi connectivity index (χ0) is 11.5. The molecular formula is C11H14N2O2. The fraction of sp³-hybridized carbons (Fsp3) is 0.455. The Morgan fingerprint density at radius 2 is 2.27 bits per heavy atom. The summed E-state index contributed by atoms with van der Waals surface area (Å²) in [6, 6.07) is 0. The highest BCUT2D eigenvalue weighted by Crippen LogP contribution is 2.09. The van der Waals surface area contributed by atoms with Crippen LogP contribution >= 0.6 is 0 Å². The van der Waals surface area contributed by atoms with Gasteiger partial charge in [-0.25, -0.2) is 4.79 Å². The van der Waals surface area contributed by atoms with Gasteiger partial charge in [-0.15, -0.1) is 0 Å². The molecule has 0 aliphatic rings. The third-order valence-corrected chi connectivity index (χ3v) is 1.58. The summed E-state index contributed by atoms with van der Waals surface area (Å²) in [7, 11) is 0. The summed E-state index contributed by atoms with van der Waals surface area (Å²) < 4.78 is 1.52. The molecule has 0 fully saturated rings. The molecule has 0 radical (unpaired) electrons. The van der Waals surface area contributed by atoms with Crippen molar-refractivity contribution in [2.24, 2.45) is 5.41 Å². The van der Waals surface area contributed by atoms with Crippen LogP contribution in [-0.4, -0.2) is 20.9 Å². The maximum Gasteiger partial charge on any atom is 0.338 e. The summed E-state index contributed by atoms with van der Waals surface area (Å²) in [4.78, 5) is 10.6. The van der Waals surface area contributed by atoms with Gasteiger partial charge in [0.25, 0.3) is 0 Å². The monoisotopic (exact) mass is 206 g/mol. The van der Waals surface area contributed by atoms with Gasteiger partial charge in [0.2, 0.25) is 0 Å². The third kappa shape index (κ3) is 3.86. The molecule has 0 aliphatic carbocycles. The number of carboxylic acid groups (broad SMARTS) is 1. The topological polar surface area (TPSA) is 55.1 Å². The summed E-state index contributed by atoms with van der Waals surface area (Å²) in [5.74, 6) is 5.03. The van der Waals surface area contributed by atoms with Crippen molar-refractivity contribution in [2.45, 2.75) is 27.3 Å². The largest absolute Gasteiger partial charge is 0.478 e. The summed E-state index contributed by atoms with van der Waals surface area (Å²) in [5.41, 5.74) is 0.149. The van der Waals surface area contributed by atoms with Crippen LogP contribution in [0, 0.1) is 17.3 Å². The molecule has 1 aromatic rings. The predicted molar refractivity (Wildman–Crippen MR) is 56.4 cm³/mol. The highest BCUT2D eigenvalue weighted by atomic mass is 16.4. The molecule has 0 bridgehead atoms. The minimum Gasteiger partial charge on any atom is -0.478 e. The van der Waals surface area contributed by atoms with Crippen molar-refractivity contribution in [2.75, 3.05) is 0 Å². The van der Waals surface area contributed by atoms with Crippen molar-refractivity contribution < 1.29 is 9.90 Å². The van der Waals surface area contributed by atoms with Crippen LogP contribution in [0.25, 0.3) is 0 Å². The van der Waals surface area contributed by atoms with Gasteiger partial charge >= 0.3 is 5.97 Å². The van der Waals surface area contributed by atoms with Crippen molar-refractivity contribution in [3.8, 4) is 11.8 Å². The van der Waals surface area contributed by atoms with Gasteiger partial charge in [-0.2, -0.15) is 5.10 Å². The van der Waals surface area contributed by atoms with E-state index >= 15 is 0 Å². The molecule has 4 heteroatoms. The van der Waals surface area contributed by atoms with E-state index in [1.165, 1.54) is 17.1 Å². The summed E-state index contributed by atoms with van der Waals surface area (Å²) in [5, 5.41) is 12.6. The smallest absolute Gasteiger partial charge is 0.338 e. The maximum atomic E-state index is 10.6. The fourth-order valence-corrected chi connectivity index (χ4v) is 0.946. The Hall–Kier alpha value is -1.76. The number of carbonyl (C=O) groups is 1. The van der Waals surface area contributed by atoms with Crippen LogP contribution in [0.1, 0.15) is 31.1 Å². The first-order chi connectivity index (χ1) is 6.88. The van der Waals surface area contributed by atoms with Crippen molar-refractivity contribution >= 4 is 5.97 Å². The van der Waals surface area contributed by atoms with Gasteiger partial charge in [-0.3, -0.25) is 4.68 Å². The predicted octanol–water partition coefficient (Wildman–Crippen LogP) is 1.63. The van der Waals surface area contributed by atoms with Crippen molar-refractivity contribution in [3.05, 3.63) is 18.0 Å². The Morgan fingerprint density at radius 3 is 2.73 bits per heavy atom. The molecule has 4 nitrogen and oxygen atoms in total. The van der Waals surface area contributed by atoms with E-state index in [-0.39, 0.29) is 11.0 Å². The number of carboxylic acids is 1. The molecule has 1 rings (SSSR count). The maximum absolute atomic E-state index is 10.6. The van der Waals surface area contributed by atoms with Crippen LogP contribution in [0.2, 0.25) is 0 Å². The number of rotatable bonds is 2. The molecule has 0 aromatic carbocycles. The summed E-state index contributed by atoms with van der Waals surface area (Å²) >= 11 is 0. The van der Waals surface area contributed by atoms with Crippen LogP contribution in [0.5, 0.6) is 0 Å². The molecule has 0 saturated carbocycles. The highest BCUT2D eigenvalue weighted by Gasteiger charge is 2.05. The Kier molecular flexibility index (Phi) is 3.15. The fourth-order valence-electron chi connectivity index (χ4n) is 0.946. The van der Waals surface area contributed by atoms with Crippen LogP contribution in [0.3, 0.4) is 0 Å². The van der Waals surface area contributed by atoms with E-state index in [0.717, 1.165) is 0 Å². The number of nitrogens with zero attached hydrogens (tertiary/aromatic N) is 2. The van der Waals surface area contributed by atoms with E-state index in [4.69, 9.17) is 5.11 Å². The second-order valence-corrected chi connectivity index (χ2v) is 4.28. The second-order valence-electron chi connectivity index (χ2n) is 4.28. The average molecular weight is 206 g/mol. The minimum absolute atomic E-state index is 0.0389. The number of aromatic carboxylic acids is 1. The van der Waals surface area contributed by atoms with E-state index in [0.29, 0.717) is 6.54 Å². The van der Waals surface area contributed by atoms with Gasteiger partial charge in [-0.05, 0) is 20.8 Å². The first-order valence-electron chi connectivity index (χ1n) is 4.64. The molecule has 1 N–H and O–H groups in total. The molecular weight excluding hydrogens is 192 g/mol. The minimum atomic E-state index is -0.968. The van der Waals surface area contributed by atoms with Crippen LogP contribution in [0.15, 0.2) is 12.4 Å². The Bertz CT molecular complexity index is 416. The third-order valence-electron chi connectivity index (χ3n) is 1.58. The van der Waals surface area contributed by atoms with Crippen molar-refractivity contribution in [1.82, 2.24) is 9.78 Å². The normalized spacial score (nSPS) is 10.6. The van der Waals surface area contributed by atoms with Crippen molar-refractivity contribution in [1.29, 1.82) is 0 Å². The quantitative estimate of drug-likeness (QED) is 0.748. The lowest BCUT2D eigenvalue weighted by Gasteiger charge is -2.06. The van der Waals surface area contributed by atoms with Crippen LogP contribution in [0.4, 0.5) is 0 Å². The molecule has 80 valence electrons. The van der Waals surface area contributed by atoms with Gasteiger partial charge in [0.05, 0.1) is 11.8 Å². The van der Waals surface area contributed by atoms with Crippen molar-refractivity contribution in [3.63, 3.8) is 0 Å². The van der Waals surface area contributed by atoms with Crippen LogP contribution in [-0.2, 0) is 6.54 Å². The van der Waals surface area contributed by atoms with Gasteiger partial charge in [0, 0.05) is 11.6 Å². The number of hydrogen-bond donors (Lipinski definition) is 1. The number of hydrogen-bond acceptors (Lipinski definition) is 2. The van der Waals surface area contributed by atoms with Gasteiger partial charge < -0.3 is 5.11 Å². The van der Waals surface area contributed by atoms with Gasteiger partial charge in [0.1, 0.15) is 6.54 Å². The molecule has 0 saturated heterocycles. The molecule has 1 heterocycles. The zero-order valence-corrected chi connectivity index (χ0v) is 9.11. The average Bonchev–Trinajstić information content (AvgIpc) is 2.50. The molecule has 0 atom stereocenters. The highest BCUT2D eigenvalue weighted by molar-refractivity contribution is 5.86. The lowest BCUT2D eigenvalue weighted by molar-refractivity contribution is 0.0697. The second kappa shape index (κ2) is 4.18. The number of aromatic nitrogens is 2. The molecule has 0 unspecified atom stereocenters. The van der Waals surface area contributed by atoms with E-state index in [1.54, 1.807) is 0 Å². The van der Waals surface area contributed by atoms with E-state index in [1.807, 2.05) is 20.8 Å². The lowest BCUT2D eigenvalue weighted by Crippen LogP contribution is -2.02. The zero-order valence-electron chi connectivity index (χ0n) is 9.11. The SMILES string of the molecule is CC(C)(C)C#CCn1cc(C(=O)O)cn1. The standard InChI is InChI=1S/C11H14N2O2/c1-11(2,3)5-4-6-13-8-9(7-12-13)10(14)15/h7-8H,6H2,1-3H3,(H,14,15). The molecule has 0 amide bonds. The van der Waals surface area contributed by atoms with Crippen LogP contribution < -0.4 is 0 Å². The van der Waals surface area contributed by atoms with E-state index < -0.39 is 5.97 Å².